The average Bonchev–Trinajstić information content (AvgIpc) is 3.47. The molecule has 1 aromatic carbocycles. The highest BCUT2D eigenvalue weighted by atomic mass is 19.4. The van der Waals surface area contributed by atoms with E-state index >= 15 is 0 Å². The Labute approximate surface area is 195 Å². The fourth-order valence-corrected chi connectivity index (χ4v) is 3.41. The topological polar surface area (TPSA) is 67.9 Å². The van der Waals surface area contributed by atoms with Crippen LogP contribution in [0.3, 0.4) is 0 Å². The van der Waals surface area contributed by atoms with E-state index in [0.29, 0.717) is 5.76 Å². The predicted octanol–water partition coefficient (Wildman–Crippen LogP) is 3.95. The van der Waals surface area contributed by atoms with Crippen LogP contribution >= 0.6 is 0 Å². The zero-order chi connectivity index (χ0) is 24.7. The monoisotopic (exact) mass is 477 g/mol. The van der Waals surface area contributed by atoms with E-state index in [1.54, 1.807) is 12.1 Å². The molecule has 0 spiro atoms. The number of alkyl halides is 3. The van der Waals surface area contributed by atoms with E-state index < -0.39 is 17.6 Å². The smallest absolute Gasteiger partial charge is 0.416 e. The predicted molar refractivity (Wildman–Crippen MR) is 118 cm³/mol. The molecule has 2 heterocycles. The minimum atomic E-state index is -4.58. The third-order valence-corrected chi connectivity index (χ3v) is 5.30. The molecule has 34 heavy (non-hydrogen) atoms. The number of rotatable bonds is 10. The minimum Gasteiger partial charge on any atom is -0.467 e. The lowest BCUT2D eigenvalue weighted by molar-refractivity contribution is -0.137. The number of ether oxygens (including phenoxy) is 1. The van der Waals surface area contributed by atoms with Crippen molar-refractivity contribution < 1.29 is 31.9 Å². The van der Waals surface area contributed by atoms with Crippen LogP contribution in [0, 0.1) is 0 Å². The maximum atomic E-state index is 13.3. The van der Waals surface area contributed by atoms with Crippen LogP contribution in [0.1, 0.15) is 27.4 Å². The summed E-state index contributed by atoms with van der Waals surface area (Å²) in [4.78, 5) is 29.1. The second kappa shape index (κ2) is 11.1. The lowest BCUT2D eigenvalue weighted by Crippen LogP contribution is -2.44. The molecular formula is C24H26F3N3O4. The Morgan fingerprint density at radius 2 is 1.85 bits per heavy atom. The van der Waals surface area contributed by atoms with Crippen LogP contribution in [0.15, 0.2) is 65.4 Å². The first-order chi connectivity index (χ1) is 16.2. The summed E-state index contributed by atoms with van der Waals surface area (Å²) in [6.45, 7) is 0.263. The molecule has 0 aliphatic rings. The number of hydrogen-bond acceptors (Lipinski definition) is 4. The van der Waals surface area contributed by atoms with Crippen molar-refractivity contribution in [3.8, 4) is 0 Å². The van der Waals surface area contributed by atoms with Gasteiger partial charge in [-0.1, -0.05) is 6.07 Å². The van der Waals surface area contributed by atoms with Gasteiger partial charge in [-0.05, 0) is 42.5 Å². The number of methoxy groups -OCH3 is 1. The van der Waals surface area contributed by atoms with Crippen LogP contribution in [-0.4, -0.2) is 53.0 Å². The Hall–Kier alpha value is -3.53. The van der Waals surface area contributed by atoms with E-state index in [4.69, 9.17) is 9.15 Å². The maximum Gasteiger partial charge on any atom is 0.416 e. The van der Waals surface area contributed by atoms with E-state index in [-0.39, 0.29) is 44.3 Å². The van der Waals surface area contributed by atoms with Gasteiger partial charge in [0.15, 0.2) is 0 Å². The molecule has 3 aromatic rings. The second-order valence-electron chi connectivity index (χ2n) is 7.74. The largest absolute Gasteiger partial charge is 0.467 e. The Balaban J connectivity index is 1.82. The summed E-state index contributed by atoms with van der Waals surface area (Å²) in [6.07, 6.45) is -1.23. The van der Waals surface area contributed by atoms with Gasteiger partial charge in [-0.3, -0.25) is 9.59 Å². The van der Waals surface area contributed by atoms with E-state index in [1.807, 2.05) is 29.9 Å². The Morgan fingerprint density at radius 3 is 2.47 bits per heavy atom. The highest BCUT2D eigenvalue weighted by Gasteiger charge is 2.32. The summed E-state index contributed by atoms with van der Waals surface area (Å²) in [5.74, 6) is -0.502. The lowest BCUT2D eigenvalue weighted by Gasteiger charge is -2.27. The van der Waals surface area contributed by atoms with Crippen molar-refractivity contribution in [2.75, 3.05) is 26.8 Å². The van der Waals surface area contributed by atoms with Gasteiger partial charge in [0.25, 0.3) is 5.91 Å². The highest BCUT2D eigenvalue weighted by Crippen LogP contribution is 2.29. The first kappa shape index (κ1) is 25.1. The van der Waals surface area contributed by atoms with E-state index in [0.717, 1.165) is 17.8 Å². The van der Waals surface area contributed by atoms with Gasteiger partial charge in [0.05, 0.1) is 31.5 Å². The van der Waals surface area contributed by atoms with Gasteiger partial charge in [-0.25, -0.2) is 0 Å². The molecular weight excluding hydrogens is 451 g/mol. The molecule has 182 valence electrons. The summed E-state index contributed by atoms with van der Waals surface area (Å²) in [5, 5.41) is 0. The number of carbonyl (C=O) groups is 2. The molecule has 2 amide bonds. The zero-order valence-corrected chi connectivity index (χ0v) is 18.9. The van der Waals surface area contributed by atoms with Gasteiger partial charge in [0.2, 0.25) is 5.91 Å². The van der Waals surface area contributed by atoms with Gasteiger partial charge in [0.1, 0.15) is 12.3 Å². The minimum absolute atomic E-state index is 0.0378. The Kier molecular flexibility index (Phi) is 8.17. The van der Waals surface area contributed by atoms with Crippen molar-refractivity contribution in [1.29, 1.82) is 0 Å². The molecule has 0 radical (unpaired) electrons. The quantitative estimate of drug-likeness (QED) is 0.444. The molecule has 0 aliphatic heterocycles. The van der Waals surface area contributed by atoms with Crippen LogP contribution in [0.5, 0.6) is 0 Å². The number of aromatic nitrogens is 1. The molecule has 10 heteroatoms. The van der Waals surface area contributed by atoms with Crippen molar-refractivity contribution in [2.24, 2.45) is 7.05 Å². The highest BCUT2D eigenvalue weighted by molar-refractivity contribution is 5.96. The molecule has 0 saturated heterocycles. The number of amides is 2. The molecule has 0 unspecified atom stereocenters. The average molecular weight is 477 g/mol. The molecule has 0 atom stereocenters. The Morgan fingerprint density at radius 1 is 1.06 bits per heavy atom. The number of hydrogen-bond donors (Lipinski definition) is 0. The first-order valence-corrected chi connectivity index (χ1v) is 10.5. The molecule has 0 saturated carbocycles. The number of nitrogens with zero attached hydrogens (tertiary/aromatic N) is 3. The van der Waals surface area contributed by atoms with Crippen molar-refractivity contribution in [1.82, 2.24) is 14.4 Å². The van der Waals surface area contributed by atoms with Gasteiger partial charge < -0.3 is 23.5 Å². The number of benzene rings is 1. The summed E-state index contributed by atoms with van der Waals surface area (Å²) in [7, 11) is 3.29. The van der Waals surface area contributed by atoms with E-state index in [2.05, 4.69) is 0 Å². The van der Waals surface area contributed by atoms with Gasteiger partial charge in [-0.2, -0.15) is 13.2 Å². The summed E-state index contributed by atoms with van der Waals surface area (Å²) >= 11 is 0. The second-order valence-corrected chi connectivity index (χ2v) is 7.74. The summed E-state index contributed by atoms with van der Waals surface area (Å²) < 4.78 is 51.7. The van der Waals surface area contributed by atoms with Crippen LogP contribution < -0.4 is 0 Å². The number of halogens is 3. The van der Waals surface area contributed by atoms with E-state index in [9.17, 15) is 22.8 Å². The Bertz CT molecular complexity index is 1090. The SMILES string of the molecule is COCCN(CC(=O)N(Cc1ccco1)Cc1cccn1C)C(=O)c1cccc(C(F)(F)F)c1. The normalized spacial score (nSPS) is 11.4. The summed E-state index contributed by atoms with van der Waals surface area (Å²) in [6, 6.07) is 11.3. The van der Waals surface area contributed by atoms with Crippen molar-refractivity contribution >= 4 is 11.8 Å². The number of carbonyl (C=O) groups excluding carboxylic acids is 2. The summed E-state index contributed by atoms with van der Waals surface area (Å²) in [5.41, 5.74) is -0.217. The fraction of sp³-hybridized carbons (Fsp3) is 0.333. The molecule has 7 nitrogen and oxygen atoms in total. The van der Waals surface area contributed by atoms with Crippen LogP contribution in [0.2, 0.25) is 0 Å². The molecule has 0 aliphatic carbocycles. The molecule has 0 N–H and O–H groups in total. The standard InChI is InChI=1S/C24H26F3N3O4/c1-28-10-4-8-20(28)15-30(16-21-9-5-12-34-21)22(31)17-29(11-13-33-2)23(32)18-6-3-7-19(14-18)24(25,26)27/h3-10,12,14H,11,13,15-17H2,1-2H3. The molecule has 0 bridgehead atoms. The molecule has 2 aromatic heterocycles. The van der Waals surface area contributed by atoms with Gasteiger partial charge in [-0.15, -0.1) is 0 Å². The van der Waals surface area contributed by atoms with Crippen molar-refractivity contribution in [3.05, 3.63) is 83.6 Å². The lowest BCUT2D eigenvalue weighted by atomic mass is 10.1. The zero-order valence-electron chi connectivity index (χ0n) is 18.9. The van der Waals surface area contributed by atoms with Crippen molar-refractivity contribution in [3.63, 3.8) is 0 Å². The third kappa shape index (κ3) is 6.50. The third-order valence-electron chi connectivity index (χ3n) is 5.30. The first-order valence-electron chi connectivity index (χ1n) is 10.5. The van der Waals surface area contributed by atoms with Crippen LogP contribution in [-0.2, 0) is 35.8 Å². The van der Waals surface area contributed by atoms with Gasteiger partial charge in [0, 0.05) is 38.2 Å². The number of aryl methyl sites for hydroxylation is 1. The van der Waals surface area contributed by atoms with Gasteiger partial charge >= 0.3 is 6.18 Å². The van der Waals surface area contributed by atoms with E-state index in [1.165, 1.54) is 35.3 Å². The van der Waals surface area contributed by atoms with Crippen LogP contribution in [0.4, 0.5) is 13.2 Å². The van der Waals surface area contributed by atoms with Crippen molar-refractivity contribution in [2.45, 2.75) is 19.3 Å². The van der Waals surface area contributed by atoms with Crippen LogP contribution in [0.25, 0.3) is 0 Å². The molecule has 3 rings (SSSR count). The fourth-order valence-electron chi connectivity index (χ4n) is 3.41. The number of furan rings is 1. The molecule has 0 fully saturated rings. The maximum absolute atomic E-state index is 13.3.